The number of amides is 4. The average molecular weight is 710 g/mol. The van der Waals surface area contributed by atoms with Gasteiger partial charge in [-0.25, -0.2) is 19.4 Å². The summed E-state index contributed by atoms with van der Waals surface area (Å²) < 4.78 is 11.4. The summed E-state index contributed by atoms with van der Waals surface area (Å²) in [5.74, 6) is -2.20. The van der Waals surface area contributed by atoms with E-state index in [-0.39, 0.29) is 29.9 Å². The molecule has 1 aromatic rings. The van der Waals surface area contributed by atoms with Crippen LogP contribution in [0.15, 0.2) is 5.38 Å². The van der Waals surface area contributed by atoms with Gasteiger partial charge in [0.1, 0.15) is 22.2 Å². The number of aromatic nitrogens is 1. The van der Waals surface area contributed by atoms with E-state index in [1.807, 2.05) is 27.7 Å². The van der Waals surface area contributed by atoms with Gasteiger partial charge in [-0.05, 0) is 58.8 Å². The number of carboxylic acids is 1. The van der Waals surface area contributed by atoms with Crippen LogP contribution in [-0.2, 0) is 19.1 Å². The van der Waals surface area contributed by atoms with Crippen LogP contribution in [0.25, 0.3) is 0 Å². The average Bonchev–Trinajstić information content (AvgIpc) is 3.69. The molecule has 0 aliphatic carbocycles. The van der Waals surface area contributed by atoms with Gasteiger partial charge in [-0.15, -0.1) is 11.3 Å². The maximum absolute atomic E-state index is 14.8. The summed E-state index contributed by atoms with van der Waals surface area (Å²) in [6.07, 6.45) is 3.28. The van der Waals surface area contributed by atoms with Gasteiger partial charge in [-0.1, -0.05) is 60.3 Å². The SMILES string of the molecule is CCCCCCN(C(=O)[C@@H](NC(=O)[C@@]1(C)CCCN1C(=O)OC(C)(C)C)[C@@H](C)CC)[C@H](C[C@@H](OC(=O)NC)c1nc(C(=O)O)cs1)C(C)C. The molecule has 2 heterocycles. The Morgan fingerprint density at radius 2 is 1.80 bits per heavy atom. The van der Waals surface area contributed by atoms with Crippen molar-refractivity contribution >= 4 is 41.3 Å². The first-order valence-electron chi connectivity index (χ1n) is 17.6. The smallest absolute Gasteiger partial charge is 0.411 e. The van der Waals surface area contributed by atoms with Gasteiger partial charge in [0.25, 0.3) is 0 Å². The van der Waals surface area contributed by atoms with Crippen LogP contribution < -0.4 is 10.6 Å². The Balaban J connectivity index is 2.52. The zero-order valence-electron chi connectivity index (χ0n) is 31.1. The molecular weight excluding hydrogens is 650 g/mol. The van der Waals surface area contributed by atoms with Crippen molar-refractivity contribution in [3.8, 4) is 0 Å². The molecule has 13 nitrogen and oxygen atoms in total. The van der Waals surface area contributed by atoms with E-state index in [0.717, 1.165) is 37.0 Å². The monoisotopic (exact) mass is 709 g/mol. The van der Waals surface area contributed by atoms with Gasteiger partial charge in [0.15, 0.2) is 11.8 Å². The third-order valence-corrected chi connectivity index (χ3v) is 10.1. The van der Waals surface area contributed by atoms with Gasteiger partial charge >= 0.3 is 18.2 Å². The van der Waals surface area contributed by atoms with Crippen LogP contribution in [0.3, 0.4) is 0 Å². The quantitative estimate of drug-likeness (QED) is 0.156. The Bertz CT molecular complexity index is 1280. The van der Waals surface area contributed by atoms with Gasteiger partial charge in [0.2, 0.25) is 11.8 Å². The van der Waals surface area contributed by atoms with E-state index < -0.39 is 53.4 Å². The number of carboxylic acid groups (broad SMARTS) is 1. The predicted octanol–water partition coefficient (Wildman–Crippen LogP) is 6.38. The van der Waals surface area contributed by atoms with E-state index in [2.05, 4.69) is 22.5 Å². The van der Waals surface area contributed by atoms with Crippen molar-refractivity contribution in [2.75, 3.05) is 20.1 Å². The number of rotatable bonds is 17. The Morgan fingerprint density at radius 1 is 1.12 bits per heavy atom. The van der Waals surface area contributed by atoms with Crippen molar-refractivity contribution in [1.29, 1.82) is 0 Å². The summed E-state index contributed by atoms with van der Waals surface area (Å²) in [6.45, 7) is 17.8. The van der Waals surface area contributed by atoms with Gasteiger partial charge < -0.3 is 30.1 Å². The fraction of sp³-hybridized carbons (Fsp3) is 0.771. The molecule has 4 amide bonds. The molecule has 0 radical (unpaired) electrons. The highest BCUT2D eigenvalue weighted by atomic mass is 32.1. The summed E-state index contributed by atoms with van der Waals surface area (Å²) >= 11 is 1.08. The fourth-order valence-electron chi connectivity index (χ4n) is 6.02. The first-order valence-corrected chi connectivity index (χ1v) is 18.5. The van der Waals surface area contributed by atoms with Gasteiger partial charge in [0.05, 0.1) is 0 Å². The van der Waals surface area contributed by atoms with Crippen LogP contribution in [0.1, 0.15) is 135 Å². The Hall–Kier alpha value is -3.42. The molecule has 1 fully saturated rings. The summed E-state index contributed by atoms with van der Waals surface area (Å²) in [5.41, 5.74) is -2.08. The fourth-order valence-corrected chi connectivity index (χ4v) is 6.85. The number of carbonyl (C=O) groups excluding carboxylic acids is 4. The van der Waals surface area contributed by atoms with Gasteiger partial charge in [-0.2, -0.15) is 0 Å². The number of nitrogens with one attached hydrogen (secondary N) is 2. The lowest BCUT2D eigenvalue weighted by Gasteiger charge is -2.41. The second kappa shape index (κ2) is 18.5. The maximum atomic E-state index is 14.8. The van der Waals surface area contributed by atoms with Crippen LogP contribution in [0.2, 0.25) is 0 Å². The Morgan fingerprint density at radius 3 is 2.33 bits per heavy atom. The van der Waals surface area contributed by atoms with E-state index in [0.29, 0.717) is 37.4 Å². The molecule has 1 saturated heterocycles. The van der Waals surface area contributed by atoms with Crippen molar-refractivity contribution in [3.05, 3.63) is 16.1 Å². The largest absolute Gasteiger partial charge is 0.476 e. The van der Waals surface area contributed by atoms with E-state index in [1.165, 1.54) is 17.3 Å². The highest BCUT2D eigenvalue weighted by molar-refractivity contribution is 7.09. The lowest BCUT2D eigenvalue weighted by atomic mass is 9.91. The molecule has 5 atom stereocenters. The number of aromatic carboxylic acids is 1. The molecule has 0 unspecified atom stereocenters. The topological polar surface area (TPSA) is 167 Å². The molecule has 1 aromatic heterocycles. The number of thiazole rings is 1. The third kappa shape index (κ3) is 11.6. The number of hydrogen-bond acceptors (Lipinski definition) is 9. The number of likely N-dealkylation sites (tertiary alicyclic amines) is 1. The highest BCUT2D eigenvalue weighted by Crippen LogP contribution is 2.34. The van der Waals surface area contributed by atoms with Crippen molar-refractivity contribution < 1.29 is 38.6 Å². The van der Waals surface area contributed by atoms with Crippen molar-refractivity contribution in [3.63, 3.8) is 0 Å². The normalized spacial score (nSPS) is 18.7. The third-order valence-electron chi connectivity index (χ3n) is 9.14. The maximum Gasteiger partial charge on any atom is 0.411 e. The van der Waals surface area contributed by atoms with Crippen LogP contribution in [0, 0.1) is 11.8 Å². The summed E-state index contributed by atoms with van der Waals surface area (Å²) in [6, 6.07) is -1.34. The van der Waals surface area contributed by atoms with Gasteiger partial charge in [0, 0.05) is 38.0 Å². The summed E-state index contributed by atoms with van der Waals surface area (Å²) in [5, 5.41) is 16.7. The number of alkyl carbamates (subject to hydrolysis) is 1. The number of ether oxygens (including phenoxy) is 2. The standard InChI is InChI=1S/C35H59N5O8S/c1-11-13-14-15-18-39(25(22(3)4)20-26(47-32(45)36-10)28-37-24(21-49-28)30(42)43)29(41)27(23(5)12-2)38-31(44)35(9)17-16-19-40(35)33(46)48-34(6,7)8/h21-23,25-27H,11-20H2,1-10H3,(H,36,45)(H,38,44)(H,42,43)/t23-,25+,26+,27-,35+/m0/s1. The molecule has 278 valence electrons. The van der Waals surface area contributed by atoms with E-state index in [1.54, 1.807) is 32.6 Å². The number of unbranched alkanes of at least 4 members (excludes halogenated alkanes) is 3. The van der Waals surface area contributed by atoms with Crippen LogP contribution in [-0.4, -0.2) is 93.2 Å². The second-order valence-electron chi connectivity index (χ2n) is 14.5. The minimum absolute atomic E-state index is 0.104. The Kier molecular flexibility index (Phi) is 15.8. The first kappa shape index (κ1) is 41.7. The molecule has 49 heavy (non-hydrogen) atoms. The van der Waals surface area contributed by atoms with Crippen LogP contribution in [0.5, 0.6) is 0 Å². The minimum Gasteiger partial charge on any atom is -0.476 e. The number of carbonyl (C=O) groups is 5. The summed E-state index contributed by atoms with van der Waals surface area (Å²) in [4.78, 5) is 73.7. The van der Waals surface area contributed by atoms with E-state index in [9.17, 15) is 29.1 Å². The second-order valence-corrected chi connectivity index (χ2v) is 15.4. The molecule has 0 bridgehead atoms. The van der Waals surface area contributed by atoms with Crippen LogP contribution in [0.4, 0.5) is 9.59 Å². The molecule has 0 spiro atoms. The molecule has 0 aromatic carbocycles. The predicted molar refractivity (Wildman–Crippen MR) is 188 cm³/mol. The van der Waals surface area contributed by atoms with E-state index in [4.69, 9.17) is 9.47 Å². The van der Waals surface area contributed by atoms with Crippen molar-refractivity contribution in [1.82, 2.24) is 25.4 Å². The molecule has 3 N–H and O–H groups in total. The van der Waals surface area contributed by atoms with Gasteiger partial charge in [-0.3, -0.25) is 14.5 Å². The van der Waals surface area contributed by atoms with Crippen LogP contribution >= 0.6 is 11.3 Å². The molecule has 1 aliphatic rings. The van der Waals surface area contributed by atoms with E-state index >= 15 is 0 Å². The molecule has 2 rings (SSSR count). The number of hydrogen-bond donors (Lipinski definition) is 3. The first-order chi connectivity index (χ1) is 22.9. The highest BCUT2D eigenvalue weighted by Gasteiger charge is 2.49. The molecule has 14 heteroatoms. The van der Waals surface area contributed by atoms with Crippen molar-refractivity contribution in [2.45, 2.75) is 143 Å². The lowest BCUT2D eigenvalue weighted by molar-refractivity contribution is -0.143. The Labute approximate surface area is 295 Å². The van der Waals surface area contributed by atoms with Crippen molar-refractivity contribution in [2.24, 2.45) is 11.8 Å². The zero-order valence-corrected chi connectivity index (χ0v) is 31.9. The molecular formula is C35H59N5O8S. The summed E-state index contributed by atoms with van der Waals surface area (Å²) in [7, 11) is 1.43. The number of nitrogens with zero attached hydrogens (tertiary/aromatic N) is 3. The molecule has 1 aliphatic heterocycles. The minimum atomic E-state index is -1.20. The lowest BCUT2D eigenvalue weighted by Crippen LogP contribution is -2.62. The zero-order chi connectivity index (χ0) is 37.1. The molecule has 0 saturated carbocycles.